The summed E-state index contributed by atoms with van der Waals surface area (Å²) in [4.78, 5) is 17.1. The Morgan fingerprint density at radius 3 is 2.94 bits per heavy atom. The lowest BCUT2D eigenvalue weighted by atomic mass is 10.3. The molecule has 0 aromatic carbocycles. The number of hydrogen-bond donors (Lipinski definition) is 0. The fourth-order valence-electron chi connectivity index (χ4n) is 1.25. The summed E-state index contributed by atoms with van der Waals surface area (Å²) < 4.78 is 4.50. The smallest absolute Gasteiger partial charge is 0.331 e. The Hall–Kier alpha value is -1.84. The van der Waals surface area contributed by atoms with Crippen LogP contribution in [0.3, 0.4) is 0 Å². The molecule has 0 fully saturated rings. The molecule has 1 rings (SSSR count). The third-order valence-corrected chi connectivity index (χ3v) is 2.02. The van der Waals surface area contributed by atoms with Crippen molar-refractivity contribution < 1.29 is 9.53 Å². The molecule has 0 radical (unpaired) electrons. The number of nitrogens with zero attached hydrogens (tertiary/aromatic N) is 2. The minimum absolute atomic E-state index is 0.357. The van der Waals surface area contributed by atoms with E-state index in [4.69, 9.17) is 0 Å². The fraction of sp³-hybridized carbons (Fsp3) is 0.333. The van der Waals surface area contributed by atoms with Crippen molar-refractivity contribution in [3.63, 3.8) is 0 Å². The summed E-state index contributed by atoms with van der Waals surface area (Å²) in [7, 11) is 3.23. The van der Waals surface area contributed by atoms with Gasteiger partial charge in [-0.2, -0.15) is 0 Å². The Bertz CT molecular complexity index is 388. The minimum atomic E-state index is -0.357. The van der Waals surface area contributed by atoms with Crippen molar-refractivity contribution in [3.05, 3.63) is 41.9 Å². The Kier molecular flexibility index (Phi) is 4.51. The average molecular weight is 220 g/mol. The molecule has 1 aromatic rings. The molecule has 0 atom stereocenters. The first-order valence-corrected chi connectivity index (χ1v) is 5.00. The average Bonchev–Trinajstić information content (AvgIpc) is 2.26. The Balaban J connectivity index is 2.54. The van der Waals surface area contributed by atoms with E-state index in [0.717, 1.165) is 11.4 Å². The van der Waals surface area contributed by atoms with Gasteiger partial charge >= 0.3 is 5.97 Å². The minimum Gasteiger partial charge on any atom is -0.466 e. The lowest BCUT2D eigenvalue weighted by molar-refractivity contribution is -0.134. The first-order valence-electron chi connectivity index (χ1n) is 5.00. The zero-order chi connectivity index (χ0) is 12.0. The van der Waals surface area contributed by atoms with Crippen molar-refractivity contribution in [2.45, 2.75) is 13.5 Å². The van der Waals surface area contributed by atoms with Gasteiger partial charge in [-0.05, 0) is 19.1 Å². The van der Waals surface area contributed by atoms with Crippen LogP contribution in [0, 0.1) is 6.92 Å². The molecule has 0 bridgehead atoms. The van der Waals surface area contributed by atoms with Gasteiger partial charge in [0, 0.05) is 25.0 Å². The number of pyridine rings is 1. The second kappa shape index (κ2) is 5.90. The quantitative estimate of drug-likeness (QED) is 0.570. The number of aromatic nitrogens is 1. The zero-order valence-corrected chi connectivity index (χ0v) is 9.80. The van der Waals surface area contributed by atoms with Gasteiger partial charge in [0.1, 0.15) is 0 Å². The number of hydrogen-bond acceptors (Lipinski definition) is 4. The highest BCUT2D eigenvalue weighted by atomic mass is 16.5. The van der Waals surface area contributed by atoms with Crippen molar-refractivity contribution in [2.24, 2.45) is 0 Å². The van der Waals surface area contributed by atoms with E-state index in [1.165, 1.54) is 13.2 Å². The van der Waals surface area contributed by atoms with Crippen LogP contribution in [0.1, 0.15) is 11.4 Å². The maximum absolute atomic E-state index is 10.9. The van der Waals surface area contributed by atoms with Gasteiger partial charge in [0.2, 0.25) is 0 Å². The van der Waals surface area contributed by atoms with Gasteiger partial charge in [-0.3, -0.25) is 4.98 Å². The molecule has 0 aliphatic carbocycles. The van der Waals surface area contributed by atoms with E-state index in [-0.39, 0.29) is 5.97 Å². The molecule has 0 aliphatic heterocycles. The summed E-state index contributed by atoms with van der Waals surface area (Å²) in [5.74, 6) is -0.357. The molecule has 0 N–H and O–H groups in total. The molecule has 4 heteroatoms. The lowest BCUT2D eigenvalue weighted by Gasteiger charge is -2.13. The largest absolute Gasteiger partial charge is 0.466 e. The normalized spacial score (nSPS) is 10.4. The molecule has 0 unspecified atom stereocenters. The van der Waals surface area contributed by atoms with Crippen molar-refractivity contribution in [1.82, 2.24) is 9.88 Å². The number of carbonyl (C=O) groups is 1. The molecule has 1 heterocycles. The fourth-order valence-corrected chi connectivity index (χ4v) is 1.25. The summed E-state index contributed by atoms with van der Waals surface area (Å²) in [6.07, 6.45) is 3.06. The predicted octanol–water partition coefficient (Wildman–Crippen LogP) is 1.51. The van der Waals surface area contributed by atoms with Gasteiger partial charge in [-0.15, -0.1) is 0 Å². The van der Waals surface area contributed by atoms with E-state index in [0.29, 0.717) is 6.54 Å². The van der Waals surface area contributed by atoms with Gasteiger partial charge in [0.25, 0.3) is 0 Å². The maximum atomic E-state index is 10.9. The van der Waals surface area contributed by atoms with Crippen LogP contribution in [-0.2, 0) is 16.1 Å². The summed E-state index contributed by atoms with van der Waals surface area (Å²) >= 11 is 0. The van der Waals surface area contributed by atoms with Crippen LogP contribution in [0.2, 0.25) is 0 Å². The highest BCUT2D eigenvalue weighted by Crippen LogP contribution is 2.02. The van der Waals surface area contributed by atoms with Crippen LogP contribution in [0.4, 0.5) is 0 Å². The Morgan fingerprint density at radius 1 is 1.56 bits per heavy atom. The number of ether oxygens (including phenoxy) is 1. The zero-order valence-electron chi connectivity index (χ0n) is 9.80. The number of esters is 1. The summed E-state index contributed by atoms with van der Waals surface area (Å²) in [6, 6.07) is 5.87. The SMILES string of the molecule is COC(=O)C=CN(C)Cc1cccc(C)n1. The number of aryl methyl sites for hydroxylation is 1. The van der Waals surface area contributed by atoms with Gasteiger partial charge in [-0.25, -0.2) is 4.79 Å². The van der Waals surface area contributed by atoms with Crippen LogP contribution in [0.15, 0.2) is 30.5 Å². The monoisotopic (exact) mass is 220 g/mol. The second-order valence-electron chi connectivity index (χ2n) is 3.52. The van der Waals surface area contributed by atoms with Crippen LogP contribution >= 0.6 is 0 Å². The van der Waals surface area contributed by atoms with Gasteiger partial charge < -0.3 is 9.64 Å². The molecule has 4 nitrogen and oxygen atoms in total. The summed E-state index contributed by atoms with van der Waals surface area (Å²) in [5, 5.41) is 0. The van der Waals surface area contributed by atoms with Crippen molar-refractivity contribution >= 4 is 5.97 Å². The first kappa shape index (κ1) is 12.2. The summed E-state index contributed by atoms with van der Waals surface area (Å²) in [6.45, 7) is 2.61. The maximum Gasteiger partial charge on any atom is 0.331 e. The number of methoxy groups -OCH3 is 1. The van der Waals surface area contributed by atoms with Crippen LogP contribution < -0.4 is 0 Å². The van der Waals surface area contributed by atoms with Crippen LogP contribution in [-0.4, -0.2) is 30.0 Å². The Morgan fingerprint density at radius 2 is 2.31 bits per heavy atom. The molecule has 0 spiro atoms. The van der Waals surface area contributed by atoms with Crippen LogP contribution in [0.25, 0.3) is 0 Å². The van der Waals surface area contributed by atoms with E-state index < -0.39 is 0 Å². The highest BCUT2D eigenvalue weighted by Gasteiger charge is 1.98. The van der Waals surface area contributed by atoms with E-state index in [9.17, 15) is 4.79 Å². The second-order valence-corrected chi connectivity index (χ2v) is 3.52. The Labute approximate surface area is 95.6 Å². The van der Waals surface area contributed by atoms with Crippen molar-refractivity contribution in [3.8, 4) is 0 Å². The molecule has 1 aromatic heterocycles. The van der Waals surface area contributed by atoms with Crippen LogP contribution in [0.5, 0.6) is 0 Å². The van der Waals surface area contributed by atoms with Crippen molar-refractivity contribution in [1.29, 1.82) is 0 Å². The molecule has 16 heavy (non-hydrogen) atoms. The van der Waals surface area contributed by atoms with E-state index >= 15 is 0 Å². The first-order chi connectivity index (χ1) is 7.61. The molecular weight excluding hydrogens is 204 g/mol. The number of carbonyl (C=O) groups excluding carboxylic acids is 1. The summed E-state index contributed by atoms with van der Waals surface area (Å²) in [5.41, 5.74) is 1.96. The standard InChI is InChI=1S/C12H16N2O2/c1-10-5-4-6-11(13-10)9-14(2)8-7-12(15)16-3/h4-8H,9H2,1-3H3. The van der Waals surface area contributed by atoms with Crippen molar-refractivity contribution in [2.75, 3.05) is 14.2 Å². The molecule has 0 aliphatic rings. The van der Waals surface area contributed by atoms with Gasteiger partial charge in [0.15, 0.2) is 0 Å². The van der Waals surface area contributed by atoms with E-state index in [2.05, 4.69) is 9.72 Å². The third kappa shape index (κ3) is 4.13. The third-order valence-electron chi connectivity index (χ3n) is 2.02. The highest BCUT2D eigenvalue weighted by molar-refractivity contribution is 5.81. The number of rotatable bonds is 4. The molecule has 0 saturated heterocycles. The molecule has 0 amide bonds. The molecule has 0 saturated carbocycles. The lowest BCUT2D eigenvalue weighted by Crippen LogP contribution is -2.12. The molecule has 86 valence electrons. The topological polar surface area (TPSA) is 42.4 Å². The van der Waals surface area contributed by atoms with Gasteiger partial charge in [0.05, 0.1) is 19.3 Å². The van der Waals surface area contributed by atoms with E-state index in [1.807, 2.05) is 37.1 Å². The molecular formula is C12H16N2O2. The predicted molar refractivity (Wildman–Crippen MR) is 61.6 cm³/mol. The van der Waals surface area contributed by atoms with Gasteiger partial charge in [-0.1, -0.05) is 6.07 Å². The van der Waals surface area contributed by atoms with E-state index in [1.54, 1.807) is 6.20 Å².